The molecule has 0 aliphatic carbocycles. The summed E-state index contributed by atoms with van der Waals surface area (Å²) in [6, 6.07) is 5.23. The first-order chi connectivity index (χ1) is 9.79. The van der Waals surface area contributed by atoms with Crippen LogP contribution >= 0.6 is 11.3 Å². The molecule has 8 heteroatoms. The maximum atomic E-state index is 12.8. The summed E-state index contributed by atoms with van der Waals surface area (Å²) < 4.78 is 38.3. The minimum atomic E-state index is -4.58. The molecule has 0 spiro atoms. The van der Waals surface area contributed by atoms with Crippen molar-refractivity contribution in [3.05, 3.63) is 33.8 Å². The third-order valence-electron chi connectivity index (χ3n) is 2.79. The molecule has 0 saturated heterocycles. The molecule has 2 N–H and O–H groups in total. The molecule has 0 radical (unpaired) electrons. The van der Waals surface area contributed by atoms with Crippen molar-refractivity contribution in [2.45, 2.75) is 26.1 Å². The summed E-state index contributed by atoms with van der Waals surface area (Å²) >= 11 is 1.59. The molecule has 0 saturated carbocycles. The Morgan fingerprint density at radius 3 is 2.38 bits per heavy atom. The fourth-order valence-corrected chi connectivity index (χ4v) is 2.63. The zero-order valence-corrected chi connectivity index (χ0v) is 12.6. The van der Waals surface area contributed by atoms with Gasteiger partial charge in [-0.2, -0.15) is 13.2 Å². The number of anilines is 2. The van der Waals surface area contributed by atoms with E-state index in [-0.39, 0.29) is 17.7 Å². The molecule has 0 aliphatic heterocycles. The number of thiophene rings is 1. The van der Waals surface area contributed by atoms with Gasteiger partial charge in [0.2, 0.25) is 5.82 Å². The van der Waals surface area contributed by atoms with Crippen LogP contribution in [0.15, 0.2) is 18.2 Å². The Labute approximate surface area is 124 Å². The lowest BCUT2D eigenvalue weighted by molar-refractivity contribution is -0.144. The summed E-state index contributed by atoms with van der Waals surface area (Å²) in [4.78, 5) is 9.14. The van der Waals surface area contributed by atoms with Crippen LogP contribution in [0.3, 0.4) is 0 Å². The van der Waals surface area contributed by atoms with Gasteiger partial charge in [-0.1, -0.05) is 0 Å². The number of alkyl halides is 3. The van der Waals surface area contributed by atoms with Crippen LogP contribution in [0.25, 0.3) is 0 Å². The molecule has 0 fully saturated rings. The number of rotatable bonds is 4. The number of halogens is 3. The first-order valence-corrected chi connectivity index (χ1v) is 7.08. The Bertz CT molecular complexity index is 624. The number of aromatic nitrogens is 2. The highest BCUT2D eigenvalue weighted by molar-refractivity contribution is 7.12. The second kappa shape index (κ2) is 5.88. The van der Waals surface area contributed by atoms with Gasteiger partial charge in [-0.25, -0.2) is 9.97 Å². The number of aryl methyl sites for hydroxylation is 1. The SMILES string of the molecule is CNc1cc(NC(C)c2ccc(C)s2)nc(C(F)(F)F)n1. The molecule has 2 heterocycles. The molecule has 0 amide bonds. The van der Waals surface area contributed by atoms with E-state index in [9.17, 15) is 13.2 Å². The molecule has 2 aromatic heterocycles. The molecule has 0 bridgehead atoms. The summed E-state index contributed by atoms with van der Waals surface area (Å²) in [5, 5.41) is 5.59. The Balaban J connectivity index is 2.27. The van der Waals surface area contributed by atoms with Gasteiger partial charge in [0.25, 0.3) is 0 Å². The van der Waals surface area contributed by atoms with Gasteiger partial charge in [0, 0.05) is 22.9 Å². The smallest absolute Gasteiger partial charge is 0.373 e. The van der Waals surface area contributed by atoms with Crippen LogP contribution in [0, 0.1) is 6.92 Å². The minimum Gasteiger partial charge on any atom is -0.373 e. The average molecular weight is 316 g/mol. The largest absolute Gasteiger partial charge is 0.451 e. The van der Waals surface area contributed by atoms with Crippen LogP contribution in [-0.2, 0) is 6.18 Å². The van der Waals surface area contributed by atoms with Crippen LogP contribution in [0.2, 0.25) is 0 Å². The van der Waals surface area contributed by atoms with E-state index in [0.29, 0.717) is 0 Å². The highest BCUT2D eigenvalue weighted by atomic mass is 32.1. The highest BCUT2D eigenvalue weighted by Gasteiger charge is 2.35. The van der Waals surface area contributed by atoms with Crippen molar-refractivity contribution in [3.8, 4) is 0 Å². The molecule has 1 atom stereocenters. The molecule has 0 aliphatic rings. The van der Waals surface area contributed by atoms with Crippen molar-refractivity contribution in [2.24, 2.45) is 0 Å². The predicted octanol–water partition coefficient (Wildman–Crippen LogP) is 4.08. The van der Waals surface area contributed by atoms with E-state index in [1.807, 2.05) is 26.0 Å². The number of nitrogens with zero attached hydrogens (tertiary/aromatic N) is 2. The van der Waals surface area contributed by atoms with E-state index in [2.05, 4.69) is 20.6 Å². The third-order valence-corrected chi connectivity index (χ3v) is 3.97. The Morgan fingerprint density at radius 1 is 1.19 bits per heavy atom. The van der Waals surface area contributed by atoms with Crippen LogP contribution < -0.4 is 10.6 Å². The summed E-state index contributed by atoms with van der Waals surface area (Å²) in [7, 11) is 1.51. The zero-order chi connectivity index (χ0) is 15.6. The summed E-state index contributed by atoms with van der Waals surface area (Å²) in [5.41, 5.74) is 0. The van der Waals surface area contributed by atoms with Crippen LogP contribution in [0.4, 0.5) is 24.8 Å². The fraction of sp³-hybridized carbons (Fsp3) is 0.385. The maximum absolute atomic E-state index is 12.8. The second-order valence-electron chi connectivity index (χ2n) is 4.52. The fourth-order valence-electron chi connectivity index (χ4n) is 1.76. The van der Waals surface area contributed by atoms with Gasteiger partial charge < -0.3 is 10.6 Å². The average Bonchev–Trinajstić information content (AvgIpc) is 2.84. The number of hydrogen-bond donors (Lipinski definition) is 2. The molecule has 2 aromatic rings. The first-order valence-electron chi connectivity index (χ1n) is 6.26. The Morgan fingerprint density at radius 2 is 1.86 bits per heavy atom. The Hall–Kier alpha value is -1.83. The van der Waals surface area contributed by atoms with E-state index in [1.165, 1.54) is 13.1 Å². The second-order valence-corrected chi connectivity index (χ2v) is 5.84. The zero-order valence-electron chi connectivity index (χ0n) is 11.7. The van der Waals surface area contributed by atoms with Gasteiger partial charge in [-0.05, 0) is 26.0 Å². The van der Waals surface area contributed by atoms with Gasteiger partial charge in [0.05, 0.1) is 6.04 Å². The lowest BCUT2D eigenvalue weighted by atomic mass is 10.2. The molecule has 114 valence electrons. The van der Waals surface area contributed by atoms with Crippen molar-refractivity contribution in [1.82, 2.24) is 9.97 Å². The predicted molar refractivity (Wildman–Crippen MR) is 77.7 cm³/mol. The van der Waals surface area contributed by atoms with Gasteiger partial charge in [-0.3, -0.25) is 0 Å². The monoisotopic (exact) mass is 316 g/mol. The third kappa shape index (κ3) is 3.84. The van der Waals surface area contributed by atoms with Gasteiger partial charge in [0.15, 0.2) is 0 Å². The van der Waals surface area contributed by atoms with Crippen molar-refractivity contribution in [3.63, 3.8) is 0 Å². The normalized spacial score (nSPS) is 13.0. The molecular weight excluding hydrogens is 301 g/mol. The standard InChI is InChI=1S/C13H15F3N4S/c1-7-4-5-9(21-7)8(2)18-11-6-10(17-3)19-12(20-11)13(14,15)16/h4-6,8H,1-3H3,(H2,17,18,19,20). The van der Waals surface area contributed by atoms with Crippen molar-refractivity contribution >= 4 is 23.0 Å². The van der Waals surface area contributed by atoms with Gasteiger partial charge in [-0.15, -0.1) is 11.3 Å². The minimum absolute atomic E-state index is 0.120. The van der Waals surface area contributed by atoms with Crippen molar-refractivity contribution in [2.75, 3.05) is 17.7 Å². The summed E-state index contributed by atoms with van der Waals surface area (Å²) in [6.45, 7) is 3.85. The first kappa shape index (κ1) is 15.6. The molecule has 21 heavy (non-hydrogen) atoms. The Kier molecular flexibility index (Phi) is 4.36. The number of hydrogen-bond acceptors (Lipinski definition) is 5. The molecular formula is C13H15F3N4S. The van der Waals surface area contributed by atoms with E-state index in [1.54, 1.807) is 11.3 Å². The van der Waals surface area contributed by atoms with Crippen molar-refractivity contribution < 1.29 is 13.2 Å². The van der Waals surface area contributed by atoms with Crippen molar-refractivity contribution in [1.29, 1.82) is 0 Å². The quantitative estimate of drug-likeness (QED) is 0.892. The molecule has 1 unspecified atom stereocenters. The molecule has 4 nitrogen and oxygen atoms in total. The summed E-state index contributed by atoms with van der Waals surface area (Å²) in [6.07, 6.45) is -4.58. The van der Waals surface area contributed by atoms with E-state index < -0.39 is 12.0 Å². The summed E-state index contributed by atoms with van der Waals surface area (Å²) in [5.74, 6) is -0.902. The topological polar surface area (TPSA) is 49.8 Å². The maximum Gasteiger partial charge on any atom is 0.451 e. The van der Waals surface area contributed by atoms with E-state index >= 15 is 0 Å². The lowest BCUT2D eigenvalue weighted by Gasteiger charge is -2.15. The van der Waals surface area contributed by atoms with E-state index in [0.717, 1.165) is 9.75 Å². The molecule has 0 aromatic carbocycles. The number of nitrogens with one attached hydrogen (secondary N) is 2. The molecule has 2 rings (SSSR count). The van der Waals surface area contributed by atoms with Gasteiger partial charge in [0.1, 0.15) is 11.6 Å². The lowest BCUT2D eigenvalue weighted by Crippen LogP contribution is -2.15. The van der Waals surface area contributed by atoms with E-state index in [4.69, 9.17) is 0 Å². The van der Waals surface area contributed by atoms with Crippen LogP contribution in [0.5, 0.6) is 0 Å². The van der Waals surface area contributed by atoms with Crippen LogP contribution in [-0.4, -0.2) is 17.0 Å². The van der Waals surface area contributed by atoms with Crippen LogP contribution in [0.1, 0.15) is 28.5 Å². The highest BCUT2D eigenvalue weighted by Crippen LogP contribution is 2.30. The van der Waals surface area contributed by atoms with Gasteiger partial charge >= 0.3 is 6.18 Å².